The van der Waals surface area contributed by atoms with Crippen LogP contribution in [0.15, 0.2) is 29.4 Å². The summed E-state index contributed by atoms with van der Waals surface area (Å²) in [4.78, 5) is 19.8. The molecule has 0 unspecified atom stereocenters. The van der Waals surface area contributed by atoms with Crippen LogP contribution in [0.2, 0.25) is 0 Å². The Bertz CT molecular complexity index is 887. The maximum atomic E-state index is 12.8. The van der Waals surface area contributed by atoms with Gasteiger partial charge in [-0.15, -0.1) is 0 Å². The topological polar surface area (TPSA) is 68.6 Å². The van der Waals surface area contributed by atoms with Gasteiger partial charge in [0.1, 0.15) is 0 Å². The van der Waals surface area contributed by atoms with Gasteiger partial charge in [0.25, 0.3) is 0 Å². The Balaban J connectivity index is 1.37. The van der Waals surface area contributed by atoms with Gasteiger partial charge in [-0.2, -0.15) is 0 Å². The maximum absolute atomic E-state index is 12.8. The largest absolute Gasteiger partial charge is 0.378 e. The zero-order valence-electron chi connectivity index (χ0n) is 18.6. The molecule has 1 N–H and O–H groups in total. The van der Waals surface area contributed by atoms with Crippen molar-refractivity contribution in [2.45, 2.75) is 56.7 Å². The Labute approximate surface area is 188 Å². The van der Waals surface area contributed by atoms with Gasteiger partial charge in [-0.1, -0.05) is 11.8 Å². The van der Waals surface area contributed by atoms with Crippen molar-refractivity contribution in [1.29, 1.82) is 0 Å². The van der Waals surface area contributed by atoms with Gasteiger partial charge in [0.15, 0.2) is 5.16 Å². The zero-order chi connectivity index (χ0) is 21.8. The summed E-state index contributed by atoms with van der Waals surface area (Å²) in [6.45, 7) is 11.0. The summed E-state index contributed by atoms with van der Waals surface area (Å²) in [7, 11) is 0. The number of anilines is 2. The molecule has 4 rings (SSSR count). The predicted molar refractivity (Wildman–Crippen MR) is 124 cm³/mol. The van der Waals surface area contributed by atoms with E-state index in [0.29, 0.717) is 0 Å². The highest BCUT2D eigenvalue weighted by atomic mass is 32.2. The normalized spacial score (nSPS) is 20.1. The van der Waals surface area contributed by atoms with E-state index in [1.54, 1.807) is 0 Å². The van der Waals surface area contributed by atoms with Crippen molar-refractivity contribution < 1.29 is 14.3 Å². The molecule has 0 radical (unpaired) electrons. The average Bonchev–Trinajstić information content (AvgIpc) is 3.39. The fourth-order valence-electron chi connectivity index (χ4n) is 3.95. The number of thioether (sulfide) groups is 1. The van der Waals surface area contributed by atoms with Gasteiger partial charge in [0, 0.05) is 36.8 Å². The number of aromatic nitrogens is 2. The lowest BCUT2D eigenvalue weighted by atomic mass is 10.2. The number of rotatable bonds is 7. The summed E-state index contributed by atoms with van der Waals surface area (Å²) in [5.41, 5.74) is 4.12. The Kier molecular flexibility index (Phi) is 7.20. The maximum Gasteiger partial charge on any atom is 0.237 e. The van der Waals surface area contributed by atoms with Crippen LogP contribution in [0.3, 0.4) is 0 Å². The fourth-order valence-corrected chi connectivity index (χ4v) is 4.96. The number of amides is 1. The van der Waals surface area contributed by atoms with Crippen molar-refractivity contribution in [3.63, 3.8) is 0 Å². The van der Waals surface area contributed by atoms with Crippen LogP contribution >= 0.6 is 11.8 Å². The van der Waals surface area contributed by atoms with Crippen LogP contribution in [-0.2, 0) is 20.8 Å². The van der Waals surface area contributed by atoms with E-state index < -0.39 is 0 Å². The number of carbonyl (C=O) groups excluding carboxylic acids is 1. The van der Waals surface area contributed by atoms with Crippen LogP contribution in [0.4, 0.5) is 11.4 Å². The Morgan fingerprint density at radius 1 is 1.23 bits per heavy atom. The van der Waals surface area contributed by atoms with Gasteiger partial charge in [0.05, 0.1) is 36.8 Å². The van der Waals surface area contributed by atoms with Crippen molar-refractivity contribution in [2.75, 3.05) is 43.1 Å². The molecule has 7 nitrogen and oxygen atoms in total. The monoisotopic (exact) mass is 444 g/mol. The van der Waals surface area contributed by atoms with E-state index in [-0.39, 0.29) is 17.3 Å². The number of nitrogens with one attached hydrogen (secondary N) is 1. The molecule has 2 aromatic rings. The van der Waals surface area contributed by atoms with Gasteiger partial charge in [-0.3, -0.25) is 4.79 Å². The van der Waals surface area contributed by atoms with E-state index in [1.807, 2.05) is 26.0 Å². The summed E-state index contributed by atoms with van der Waals surface area (Å²) in [5.74, 6) is -0.0221. The Morgan fingerprint density at radius 3 is 2.65 bits per heavy atom. The lowest BCUT2D eigenvalue weighted by Crippen LogP contribution is -2.36. The fraction of sp³-hybridized carbons (Fsp3) is 0.565. The third-order valence-electron chi connectivity index (χ3n) is 6.00. The van der Waals surface area contributed by atoms with Crippen LogP contribution in [0, 0.1) is 13.8 Å². The van der Waals surface area contributed by atoms with Gasteiger partial charge < -0.3 is 24.3 Å². The summed E-state index contributed by atoms with van der Waals surface area (Å²) in [6, 6.07) is 8.04. The summed E-state index contributed by atoms with van der Waals surface area (Å²) in [6.07, 6.45) is 2.43. The second kappa shape index (κ2) is 10.1. The lowest BCUT2D eigenvalue weighted by molar-refractivity contribution is -0.115. The summed E-state index contributed by atoms with van der Waals surface area (Å²) in [5, 5.41) is 3.67. The highest BCUT2D eigenvalue weighted by Gasteiger charge is 2.23. The molecule has 2 fully saturated rings. The molecule has 1 aromatic heterocycles. The van der Waals surface area contributed by atoms with E-state index in [1.165, 1.54) is 11.8 Å². The second-order valence-electron chi connectivity index (χ2n) is 8.21. The molecule has 0 bridgehead atoms. The van der Waals surface area contributed by atoms with Crippen molar-refractivity contribution in [1.82, 2.24) is 9.55 Å². The van der Waals surface area contributed by atoms with Crippen LogP contribution in [-0.4, -0.2) is 59.7 Å². The molecule has 2 aliphatic heterocycles. The van der Waals surface area contributed by atoms with Crippen molar-refractivity contribution in [2.24, 2.45) is 0 Å². The van der Waals surface area contributed by atoms with Crippen molar-refractivity contribution in [3.05, 3.63) is 35.7 Å². The molecule has 8 heteroatoms. The molecule has 31 heavy (non-hydrogen) atoms. The molecule has 2 atom stereocenters. The number of aryl methyl sites for hydroxylation is 1. The highest BCUT2D eigenvalue weighted by molar-refractivity contribution is 8.00. The first kappa shape index (κ1) is 22.2. The van der Waals surface area contributed by atoms with Crippen LogP contribution in [0.1, 0.15) is 31.2 Å². The van der Waals surface area contributed by atoms with Gasteiger partial charge >= 0.3 is 0 Å². The molecule has 1 aromatic carbocycles. The molecular formula is C23H32N4O3S. The number of hydrogen-bond acceptors (Lipinski definition) is 6. The average molecular weight is 445 g/mol. The quantitative estimate of drug-likeness (QED) is 0.658. The number of ether oxygens (including phenoxy) is 2. The minimum absolute atomic E-state index is 0.0221. The number of benzene rings is 1. The molecule has 1 amide bonds. The first-order valence-electron chi connectivity index (χ1n) is 11.1. The van der Waals surface area contributed by atoms with Crippen LogP contribution in [0.25, 0.3) is 0 Å². The lowest BCUT2D eigenvalue weighted by Gasteiger charge is -2.28. The molecule has 3 heterocycles. The molecule has 0 saturated carbocycles. The van der Waals surface area contributed by atoms with Crippen molar-refractivity contribution in [3.8, 4) is 0 Å². The summed E-state index contributed by atoms with van der Waals surface area (Å²) >= 11 is 1.50. The number of hydrogen-bond donors (Lipinski definition) is 1. The SMILES string of the molecule is Cc1nc(S[C@H](C)C(=O)Nc2ccc(N3CCOCC3)cc2)n(C[C@H]2CCCO2)c1C. The molecular weight excluding hydrogens is 412 g/mol. The van der Waals surface area contributed by atoms with E-state index in [9.17, 15) is 4.79 Å². The number of nitrogens with zero attached hydrogens (tertiary/aromatic N) is 3. The highest BCUT2D eigenvalue weighted by Crippen LogP contribution is 2.28. The third kappa shape index (κ3) is 5.42. The Hall–Kier alpha value is -2.03. The minimum atomic E-state index is -0.261. The number of morpholine rings is 1. The molecule has 2 aliphatic rings. The van der Waals surface area contributed by atoms with Crippen LogP contribution in [0.5, 0.6) is 0 Å². The third-order valence-corrected chi connectivity index (χ3v) is 7.09. The first-order chi connectivity index (χ1) is 15.0. The predicted octanol–water partition coefficient (Wildman–Crippen LogP) is 3.63. The summed E-state index contributed by atoms with van der Waals surface area (Å²) < 4.78 is 13.4. The van der Waals surface area contributed by atoms with Gasteiger partial charge in [-0.05, 0) is 57.9 Å². The molecule has 0 spiro atoms. The van der Waals surface area contributed by atoms with Crippen LogP contribution < -0.4 is 10.2 Å². The first-order valence-corrected chi connectivity index (χ1v) is 11.9. The second-order valence-corrected chi connectivity index (χ2v) is 9.51. The molecule has 2 saturated heterocycles. The van der Waals surface area contributed by atoms with E-state index in [4.69, 9.17) is 14.5 Å². The standard InChI is InChI=1S/C23H32N4O3S/c1-16-17(2)27(15-21-5-4-12-30-21)23(24-16)31-18(3)22(28)25-19-6-8-20(9-7-19)26-10-13-29-14-11-26/h6-9,18,21H,4-5,10-15H2,1-3H3,(H,25,28)/t18-,21-/m1/s1. The van der Waals surface area contributed by atoms with E-state index in [2.05, 4.69) is 33.8 Å². The van der Waals surface area contributed by atoms with E-state index >= 15 is 0 Å². The number of imidazole rings is 1. The van der Waals surface area contributed by atoms with Gasteiger partial charge in [-0.25, -0.2) is 4.98 Å². The van der Waals surface area contributed by atoms with E-state index in [0.717, 1.165) is 80.2 Å². The molecule has 168 valence electrons. The van der Waals surface area contributed by atoms with Gasteiger partial charge in [0.2, 0.25) is 5.91 Å². The smallest absolute Gasteiger partial charge is 0.237 e. The zero-order valence-corrected chi connectivity index (χ0v) is 19.4. The Morgan fingerprint density at radius 2 is 1.97 bits per heavy atom. The van der Waals surface area contributed by atoms with Crippen molar-refractivity contribution >= 4 is 29.0 Å². The molecule has 0 aliphatic carbocycles. The number of carbonyl (C=O) groups is 1. The minimum Gasteiger partial charge on any atom is -0.378 e.